The molecule has 0 N–H and O–H groups in total. The largest absolute Gasteiger partial charge is 0.325 e. The van der Waals surface area contributed by atoms with Crippen LogP contribution in [0, 0.1) is 5.92 Å². The van der Waals surface area contributed by atoms with Crippen LogP contribution in [0.1, 0.15) is 30.2 Å². The molecule has 1 aromatic rings. The van der Waals surface area contributed by atoms with Gasteiger partial charge in [0.1, 0.15) is 5.37 Å². The summed E-state index contributed by atoms with van der Waals surface area (Å²) in [5, 5.41) is 1.16. The summed E-state index contributed by atoms with van der Waals surface area (Å²) in [4.78, 5) is 14.4. The van der Waals surface area contributed by atoms with Crippen molar-refractivity contribution in [1.29, 1.82) is 0 Å². The SMILES string of the molecule is O=C(C1CCC1)N1CCS[C@H]1c1cccc(Cl)c1Cl. The number of thioether (sulfide) groups is 1. The van der Waals surface area contributed by atoms with Crippen LogP contribution in [0.5, 0.6) is 0 Å². The Bertz CT molecular complexity index is 504. The fourth-order valence-electron chi connectivity index (χ4n) is 2.55. The highest BCUT2D eigenvalue weighted by atomic mass is 35.5. The molecule has 0 unspecified atom stereocenters. The fourth-order valence-corrected chi connectivity index (χ4v) is 4.32. The Labute approximate surface area is 127 Å². The second-order valence-electron chi connectivity index (χ2n) is 5.03. The van der Waals surface area contributed by atoms with Crippen LogP contribution >= 0.6 is 35.0 Å². The Hall–Kier alpha value is -0.380. The van der Waals surface area contributed by atoms with Crippen LogP contribution in [-0.4, -0.2) is 23.1 Å². The zero-order valence-corrected chi connectivity index (χ0v) is 12.8. The van der Waals surface area contributed by atoms with Crippen molar-refractivity contribution in [3.05, 3.63) is 33.8 Å². The Morgan fingerprint density at radius 3 is 2.79 bits per heavy atom. The molecule has 1 amide bonds. The van der Waals surface area contributed by atoms with E-state index in [1.807, 2.05) is 17.0 Å². The Morgan fingerprint density at radius 1 is 1.32 bits per heavy atom. The standard InChI is InChI=1S/C14H15Cl2NOS/c15-11-6-2-5-10(12(11)16)14-17(7-8-19-14)13(18)9-3-1-4-9/h2,5-6,9,14H,1,3-4,7-8H2/t14-/m0/s1. The monoisotopic (exact) mass is 315 g/mol. The number of carbonyl (C=O) groups is 1. The second kappa shape index (κ2) is 5.55. The van der Waals surface area contributed by atoms with Gasteiger partial charge in [-0.2, -0.15) is 0 Å². The zero-order chi connectivity index (χ0) is 13.4. The number of halogens is 2. The van der Waals surface area contributed by atoms with Gasteiger partial charge in [-0.25, -0.2) is 0 Å². The van der Waals surface area contributed by atoms with Crippen LogP contribution in [0.25, 0.3) is 0 Å². The Morgan fingerprint density at radius 2 is 2.11 bits per heavy atom. The van der Waals surface area contributed by atoms with E-state index in [1.165, 1.54) is 6.42 Å². The summed E-state index contributed by atoms with van der Waals surface area (Å²) in [5.74, 6) is 1.49. The van der Waals surface area contributed by atoms with Crippen LogP contribution in [0.4, 0.5) is 0 Å². The fraction of sp³-hybridized carbons (Fsp3) is 0.500. The van der Waals surface area contributed by atoms with Gasteiger partial charge in [-0.3, -0.25) is 4.79 Å². The molecular weight excluding hydrogens is 301 g/mol. The van der Waals surface area contributed by atoms with Crippen molar-refractivity contribution in [3.8, 4) is 0 Å². The first-order valence-corrected chi connectivity index (χ1v) is 8.35. The van der Waals surface area contributed by atoms with E-state index in [9.17, 15) is 4.79 Å². The molecule has 1 aliphatic carbocycles. The predicted molar refractivity (Wildman–Crippen MR) is 80.7 cm³/mol. The van der Waals surface area contributed by atoms with E-state index < -0.39 is 0 Å². The van der Waals surface area contributed by atoms with Gasteiger partial charge >= 0.3 is 0 Å². The molecule has 1 saturated carbocycles. The number of hydrogen-bond donors (Lipinski definition) is 0. The number of carbonyl (C=O) groups excluding carboxylic acids is 1. The summed E-state index contributed by atoms with van der Waals surface area (Å²) in [5.41, 5.74) is 0.962. The maximum atomic E-state index is 12.4. The topological polar surface area (TPSA) is 20.3 Å². The average Bonchev–Trinajstić information content (AvgIpc) is 2.79. The smallest absolute Gasteiger partial charge is 0.226 e. The molecule has 19 heavy (non-hydrogen) atoms. The molecule has 5 heteroatoms. The van der Waals surface area contributed by atoms with E-state index in [4.69, 9.17) is 23.2 Å². The average molecular weight is 316 g/mol. The van der Waals surface area contributed by atoms with E-state index >= 15 is 0 Å². The van der Waals surface area contributed by atoms with E-state index in [1.54, 1.807) is 17.8 Å². The van der Waals surface area contributed by atoms with E-state index in [-0.39, 0.29) is 17.2 Å². The third-order valence-corrected chi connectivity index (χ3v) is 5.95. The molecule has 3 rings (SSSR count). The highest BCUT2D eigenvalue weighted by Crippen LogP contribution is 2.44. The van der Waals surface area contributed by atoms with Crippen molar-refractivity contribution < 1.29 is 4.79 Å². The first kappa shape index (κ1) is 13.6. The number of amides is 1. The molecule has 0 aromatic heterocycles. The Balaban J connectivity index is 1.86. The molecule has 0 radical (unpaired) electrons. The number of benzene rings is 1. The highest BCUT2D eigenvalue weighted by Gasteiger charge is 2.37. The van der Waals surface area contributed by atoms with Gasteiger partial charge in [0.05, 0.1) is 10.0 Å². The number of hydrogen-bond acceptors (Lipinski definition) is 2. The van der Waals surface area contributed by atoms with Crippen LogP contribution in [0.2, 0.25) is 10.0 Å². The van der Waals surface area contributed by atoms with Gasteiger partial charge < -0.3 is 4.90 Å². The van der Waals surface area contributed by atoms with Crippen molar-refractivity contribution in [2.45, 2.75) is 24.6 Å². The maximum absolute atomic E-state index is 12.4. The molecule has 1 heterocycles. The van der Waals surface area contributed by atoms with Crippen molar-refractivity contribution in [2.75, 3.05) is 12.3 Å². The second-order valence-corrected chi connectivity index (χ2v) is 7.00. The maximum Gasteiger partial charge on any atom is 0.226 e. The van der Waals surface area contributed by atoms with Gasteiger partial charge in [-0.1, -0.05) is 41.8 Å². The van der Waals surface area contributed by atoms with Gasteiger partial charge in [-0.05, 0) is 18.9 Å². The van der Waals surface area contributed by atoms with Gasteiger partial charge in [0, 0.05) is 23.8 Å². The van der Waals surface area contributed by atoms with Crippen LogP contribution < -0.4 is 0 Å². The lowest BCUT2D eigenvalue weighted by atomic mass is 9.84. The number of rotatable bonds is 2. The molecular formula is C14H15Cl2NOS. The van der Waals surface area contributed by atoms with Crippen LogP contribution in [-0.2, 0) is 4.79 Å². The molecule has 0 bridgehead atoms. The van der Waals surface area contributed by atoms with Crippen molar-refractivity contribution >= 4 is 40.9 Å². The summed E-state index contributed by atoms with van der Waals surface area (Å²) < 4.78 is 0. The van der Waals surface area contributed by atoms with Gasteiger partial charge in [-0.15, -0.1) is 11.8 Å². The summed E-state index contributed by atoms with van der Waals surface area (Å²) in [6, 6.07) is 5.65. The first-order chi connectivity index (χ1) is 9.18. The third kappa shape index (κ3) is 2.48. The molecule has 0 spiro atoms. The van der Waals surface area contributed by atoms with Crippen LogP contribution in [0.3, 0.4) is 0 Å². The normalized spacial score (nSPS) is 23.5. The minimum Gasteiger partial charge on any atom is -0.325 e. The zero-order valence-electron chi connectivity index (χ0n) is 10.4. The minimum atomic E-state index is 0.0271. The molecule has 2 nitrogen and oxygen atoms in total. The molecule has 1 atom stereocenters. The minimum absolute atomic E-state index is 0.0271. The van der Waals surface area contributed by atoms with Crippen molar-refractivity contribution in [1.82, 2.24) is 4.90 Å². The lowest BCUT2D eigenvalue weighted by Crippen LogP contribution is -2.38. The molecule has 2 aliphatic rings. The van der Waals surface area contributed by atoms with Crippen molar-refractivity contribution in [3.63, 3.8) is 0 Å². The molecule has 1 aliphatic heterocycles. The predicted octanol–water partition coefficient (Wildman–Crippen LogP) is 4.37. The lowest BCUT2D eigenvalue weighted by Gasteiger charge is -2.32. The summed E-state index contributed by atoms with van der Waals surface area (Å²) in [6.07, 6.45) is 3.26. The molecule has 102 valence electrons. The van der Waals surface area contributed by atoms with E-state index in [2.05, 4.69) is 0 Å². The van der Waals surface area contributed by atoms with Crippen LogP contribution in [0.15, 0.2) is 18.2 Å². The molecule has 1 aromatic carbocycles. The first-order valence-electron chi connectivity index (χ1n) is 6.54. The Kier molecular flexibility index (Phi) is 3.97. The number of nitrogens with zero attached hydrogens (tertiary/aromatic N) is 1. The lowest BCUT2D eigenvalue weighted by molar-refractivity contribution is -0.138. The van der Waals surface area contributed by atoms with Gasteiger partial charge in [0.15, 0.2) is 0 Å². The summed E-state index contributed by atoms with van der Waals surface area (Å²) in [7, 11) is 0. The van der Waals surface area contributed by atoms with E-state index in [0.29, 0.717) is 10.0 Å². The van der Waals surface area contributed by atoms with Gasteiger partial charge in [0.2, 0.25) is 5.91 Å². The molecule has 1 saturated heterocycles. The highest BCUT2D eigenvalue weighted by molar-refractivity contribution is 7.99. The summed E-state index contributed by atoms with van der Waals surface area (Å²) in [6.45, 7) is 0.813. The van der Waals surface area contributed by atoms with E-state index in [0.717, 1.165) is 30.7 Å². The molecule has 2 fully saturated rings. The van der Waals surface area contributed by atoms with Gasteiger partial charge in [0.25, 0.3) is 0 Å². The summed E-state index contributed by atoms with van der Waals surface area (Å²) >= 11 is 14.1. The van der Waals surface area contributed by atoms with Crippen molar-refractivity contribution in [2.24, 2.45) is 5.92 Å². The quantitative estimate of drug-likeness (QED) is 0.807. The third-order valence-electron chi connectivity index (χ3n) is 3.88.